The lowest BCUT2D eigenvalue weighted by molar-refractivity contribution is -0.124. The van der Waals surface area contributed by atoms with Crippen LogP contribution in [0.3, 0.4) is 0 Å². The number of amides is 1. The van der Waals surface area contributed by atoms with E-state index in [0.717, 1.165) is 12.2 Å². The second-order valence-corrected chi connectivity index (χ2v) is 5.65. The maximum atomic E-state index is 12.4. The summed E-state index contributed by atoms with van der Waals surface area (Å²) in [6, 6.07) is 3.73. The summed E-state index contributed by atoms with van der Waals surface area (Å²) in [5, 5.41) is 7.18. The highest BCUT2D eigenvalue weighted by Gasteiger charge is 2.20. The number of aromatic nitrogens is 4. The van der Waals surface area contributed by atoms with Gasteiger partial charge >= 0.3 is 0 Å². The Kier molecular flexibility index (Phi) is 5.14. The van der Waals surface area contributed by atoms with Crippen molar-refractivity contribution in [1.29, 1.82) is 0 Å². The fraction of sp³-hybridized carbons (Fsp3) is 0.533. The van der Waals surface area contributed by atoms with Gasteiger partial charge in [-0.1, -0.05) is 13.8 Å². The van der Waals surface area contributed by atoms with Crippen LogP contribution >= 0.6 is 0 Å². The summed E-state index contributed by atoms with van der Waals surface area (Å²) in [5.74, 6) is 1.26. The first-order chi connectivity index (χ1) is 10.1. The summed E-state index contributed by atoms with van der Waals surface area (Å²) in [4.78, 5) is 16.5. The number of nitrogens with one attached hydrogen (secondary N) is 1. The first kappa shape index (κ1) is 15.3. The first-order valence-corrected chi connectivity index (χ1v) is 7.31. The number of carbonyl (C=O) groups is 1. The Morgan fingerprint density at radius 3 is 2.62 bits per heavy atom. The molecule has 1 atom stereocenters. The van der Waals surface area contributed by atoms with Crippen LogP contribution in [-0.4, -0.2) is 31.8 Å². The number of hydrogen-bond acceptors (Lipinski definition) is 3. The highest BCUT2D eigenvalue weighted by atomic mass is 16.2. The number of aryl methyl sites for hydroxylation is 1. The van der Waals surface area contributed by atoms with Crippen LogP contribution in [0.25, 0.3) is 0 Å². The van der Waals surface area contributed by atoms with Gasteiger partial charge in [-0.05, 0) is 24.5 Å². The van der Waals surface area contributed by atoms with Crippen molar-refractivity contribution in [3.05, 3.63) is 36.7 Å². The molecule has 0 aliphatic carbocycles. The molecule has 0 saturated heterocycles. The summed E-state index contributed by atoms with van der Waals surface area (Å²) in [5.41, 5.74) is 0. The standard InChI is InChI=1S/C15H23N5O/c1-12(2)10-13(20-8-4-5-9-20)15(21)16-7-6-14-17-11-19(3)18-14/h4-5,8-9,11-13H,6-7,10H2,1-3H3,(H,16,21). The lowest BCUT2D eigenvalue weighted by atomic mass is 10.0. The fourth-order valence-corrected chi connectivity index (χ4v) is 2.28. The summed E-state index contributed by atoms with van der Waals surface area (Å²) >= 11 is 0. The van der Waals surface area contributed by atoms with Gasteiger partial charge in [0, 0.05) is 32.4 Å². The summed E-state index contributed by atoms with van der Waals surface area (Å²) in [6.45, 7) is 4.81. The maximum absolute atomic E-state index is 12.4. The van der Waals surface area contributed by atoms with Gasteiger partial charge in [-0.3, -0.25) is 9.48 Å². The average Bonchev–Trinajstić information content (AvgIpc) is 3.07. The second kappa shape index (κ2) is 7.06. The zero-order valence-corrected chi connectivity index (χ0v) is 12.9. The van der Waals surface area contributed by atoms with Crippen LogP contribution in [0.2, 0.25) is 0 Å². The molecule has 6 nitrogen and oxygen atoms in total. The van der Waals surface area contributed by atoms with E-state index in [0.29, 0.717) is 18.9 Å². The van der Waals surface area contributed by atoms with Crippen LogP contribution in [0.5, 0.6) is 0 Å². The molecule has 0 aliphatic heterocycles. The van der Waals surface area contributed by atoms with Crippen LogP contribution in [-0.2, 0) is 18.3 Å². The molecule has 0 spiro atoms. The van der Waals surface area contributed by atoms with Gasteiger partial charge in [-0.15, -0.1) is 0 Å². The highest BCUT2D eigenvalue weighted by Crippen LogP contribution is 2.18. The Balaban J connectivity index is 1.89. The third-order valence-corrected chi connectivity index (χ3v) is 3.28. The molecule has 6 heteroatoms. The molecule has 2 heterocycles. The van der Waals surface area contributed by atoms with Gasteiger partial charge in [0.1, 0.15) is 12.4 Å². The normalized spacial score (nSPS) is 12.6. The zero-order valence-electron chi connectivity index (χ0n) is 12.9. The Hall–Kier alpha value is -2.11. The predicted octanol–water partition coefficient (Wildman–Crippen LogP) is 1.56. The smallest absolute Gasteiger partial charge is 0.243 e. The fourth-order valence-electron chi connectivity index (χ4n) is 2.28. The summed E-state index contributed by atoms with van der Waals surface area (Å²) in [6.07, 6.45) is 7.01. The quantitative estimate of drug-likeness (QED) is 0.841. The van der Waals surface area contributed by atoms with Gasteiger partial charge in [0.2, 0.25) is 5.91 Å². The van der Waals surface area contributed by atoms with E-state index in [1.807, 2.05) is 36.1 Å². The molecule has 2 rings (SSSR count). The molecule has 0 aromatic carbocycles. The van der Waals surface area contributed by atoms with Crippen LogP contribution in [0.15, 0.2) is 30.9 Å². The third kappa shape index (κ3) is 4.44. The molecule has 0 aliphatic rings. The van der Waals surface area contributed by atoms with Crippen LogP contribution in [0, 0.1) is 5.92 Å². The van der Waals surface area contributed by atoms with Crippen molar-refractivity contribution in [3.63, 3.8) is 0 Å². The van der Waals surface area contributed by atoms with Gasteiger partial charge in [0.05, 0.1) is 0 Å². The van der Waals surface area contributed by atoms with E-state index in [1.54, 1.807) is 11.0 Å². The van der Waals surface area contributed by atoms with E-state index >= 15 is 0 Å². The number of nitrogens with zero attached hydrogens (tertiary/aromatic N) is 4. The lowest BCUT2D eigenvalue weighted by Gasteiger charge is -2.20. The minimum absolute atomic E-state index is 0.0517. The molecule has 0 saturated carbocycles. The van der Waals surface area contributed by atoms with Gasteiger partial charge in [-0.2, -0.15) is 5.10 Å². The van der Waals surface area contributed by atoms with Crippen molar-refractivity contribution in [3.8, 4) is 0 Å². The average molecular weight is 289 g/mol. The van der Waals surface area contributed by atoms with Crippen molar-refractivity contribution in [1.82, 2.24) is 24.6 Å². The highest BCUT2D eigenvalue weighted by molar-refractivity contribution is 5.80. The largest absolute Gasteiger partial charge is 0.354 e. The molecule has 0 radical (unpaired) electrons. The van der Waals surface area contributed by atoms with E-state index in [9.17, 15) is 4.79 Å². The van der Waals surface area contributed by atoms with E-state index in [1.165, 1.54) is 0 Å². The maximum Gasteiger partial charge on any atom is 0.243 e. The summed E-state index contributed by atoms with van der Waals surface area (Å²) < 4.78 is 3.63. The van der Waals surface area contributed by atoms with Crippen molar-refractivity contribution >= 4 is 5.91 Å². The molecular weight excluding hydrogens is 266 g/mol. The van der Waals surface area contributed by atoms with Crippen molar-refractivity contribution in [2.75, 3.05) is 6.54 Å². The Labute approximate surface area is 125 Å². The minimum Gasteiger partial charge on any atom is -0.354 e. The van der Waals surface area contributed by atoms with Crippen LogP contribution in [0.1, 0.15) is 32.1 Å². The molecule has 1 unspecified atom stereocenters. The van der Waals surface area contributed by atoms with E-state index < -0.39 is 0 Å². The summed E-state index contributed by atoms with van der Waals surface area (Å²) in [7, 11) is 1.83. The molecule has 1 amide bonds. The predicted molar refractivity (Wildman–Crippen MR) is 80.6 cm³/mol. The Bertz CT molecular complexity index is 558. The Morgan fingerprint density at radius 1 is 1.33 bits per heavy atom. The molecule has 21 heavy (non-hydrogen) atoms. The third-order valence-electron chi connectivity index (χ3n) is 3.28. The number of hydrogen-bond donors (Lipinski definition) is 1. The van der Waals surface area contributed by atoms with Gasteiger partial charge in [0.25, 0.3) is 0 Å². The molecule has 2 aromatic heterocycles. The number of rotatable bonds is 7. The molecular formula is C15H23N5O. The molecule has 2 aromatic rings. The zero-order chi connectivity index (χ0) is 15.2. The van der Waals surface area contributed by atoms with Gasteiger partial charge in [-0.25, -0.2) is 4.98 Å². The topological polar surface area (TPSA) is 64.7 Å². The molecule has 0 fully saturated rings. The molecule has 1 N–H and O–H groups in total. The second-order valence-electron chi connectivity index (χ2n) is 5.65. The van der Waals surface area contributed by atoms with Crippen LogP contribution < -0.4 is 5.32 Å². The molecule has 0 bridgehead atoms. The van der Waals surface area contributed by atoms with E-state index in [2.05, 4.69) is 29.2 Å². The van der Waals surface area contributed by atoms with E-state index in [4.69, 9.17) is 0 Å². The lowest BCUT2D eigenvalue weighted by Crippen LogP contribution is -2.34. The first-order valence-electron chi connectivity index (χ1n) is 7.31. The van der Waals surface area contributed by atoms with E-state index in [-0.39, 0.29) is 11.9 Å². The monoisotopic (exact) mass is 289 g/mol. The number of carbonyl (C=O) groups excluding carboxylic acids is 1. The minimum atomic E-state index is -0.156. The Morgan fingerprint density at radius 2 is 2.05 bits per heavy atom. The van der Waals surface area contributed by atoms with Crippen molar-refractivity contribution in [2.45, 2.75) is 32.7 Å². The van der Waals surface area contributed by atoms with Gasteiger partial charge < -0.3 is 9.88 Å². The van der Waals surface area contributed by atoms with Crippen molar-refractivity contribution in [2.24, 2.45) is 13.0 Å². The SMILES string of the molecule is CC(C)CC(C(=O)NCCc1ncn(C)n1)n1cccc1. The van der Waals surface area contributed by atoms with Gasteiger partial charge in [0.15, 0.2) is 5.82 Å². The van der Waals surface area contributed by atoms with Crippen molar-refractivity contribution < 1.29 is 4.79 Å². The van der Waals surface area contributed by atoms with Crippen LogP contribution in [0.4, 0.5) is 0 Å². The molecule has 114 valence electrons.